The Kier molecular flexibility index (Phi) is 7.34. The normalized spacial score (nSPS) is 12.0. The highest BCUT2D eigenvalue weighted by Crippen LogP contribution is 2.32. The Hall–Kier alpha value is -3.56. The number of anilines is 1. The molecule has 0 aliphatic rings. The topological polar surface area (TPSA) is 89.4 Å². The highest BCUT2D eigenvalue weighted by atomic mass is 32.1. The summed E-state index contributed by atoms with van der Waals surface area (Å²) in [7, 11) is 1.58. The molecule has 8 nitrogen and oxygen atoms in total. The van der Waals surface area contributed by atoms with Gasteiger partial charge in [-0.05, 0) is 60.7 Å². The molecule has 1 N–H and O–H groups in total. The number of rotatable bonds is 9. The van der Waals surface area contributed by atoms with Crippen molar-refractivity contribution in [1.82, 2.24) is 20.3 Å². The van der Waals surface area contributed by atoms with Crippen LogP contribution in [0.25, 0.3) is 11.0 Å². The molecule has 34 heavy (non-hydrogen) atoms. The van der Waals surface area contributed by atoms with E-state index in [1.165, 1.54) is 11.3 Å². The van der Waals surface area contributed by atoms with Crippen molar-refractivity contribution < 1.29 is 14.3 Å². The molecule has 2 aromatic carbocycles. The fourth-order valence-electron chi connectivity index (χ4n) is 3.74. The molecule has 176 valence electrons. The van der Waals surface area contributed by atoms with Gasteiger partial charge >= 0.3 is 0 Å². The predicted molar refractivity (Wildman–Crippen MR) is 133 cm³/mol. The smallest absolute Gasteiger partial charge is 0.249 e. The fraction of sp³-hybridized carbons (Fsp3) is 0.280. The summed E-state index contributed by atoms with van der Waals surface area (Å²) in [6.45, 7) is 4.68. The van der Waals surface area contributed by atoms with E-state index in [4.69, 9.17) is 4.74 Å². The number of carbonyl (C=O) groups excluding carboxylic acids is 2. The standard InChI is InChI=1S/C25H27N5O3S/c1-17-10-11-19(15-18(17)2)30(23(31)16-29-21-8-5-4-7-20(21)27-28-29)24(22-9-6-14-34-22)25(32)26-12-13-33-3/h4-11,14-15,24H,12-13,16H2,1-3H3,(H,26,32). The first-order valence-corrected chi connectivity index (χ1v) is 11.8. The zero-order valence-electron chi connectivity index (χ0n) is 19.4. The molecular weight excluding hydrogens is 450 g/mol. The van der Waals surface area contributed by atoms with E-state index in [2.05, 4.69) is 15.6 Å². The van der Waals surface area contributed by atoms with E-state index in [0.29, 0.717) is 24.4 Å². The zero-order valence-corrected chi connectivity index (χ0v) is 20.2. The molecule has 2 aromatic heterocycles. The van der Waals surface area contributed by atoms with Gasteiger partial charge in [-0.15, -0.1) is 16.4 Å². The number of fused-ring (bicyclic) bond motifs is 1. The van der Waals surface area contributed by atoms with Crippen molar-refractivity contribution in [3.05, 3.63) is 76.0 Å². The lowest BCUT2D eigenvalue weighted by atomic mass is 10.1. The lowest BCUT2D eigenvalue weighted by Crippen LogP contribution is -2.45. The highest BCUT2D eigenvalue weighted by Gasteiger charge is 2.34. The van der Waals surface area contributed by atoms with Crippen LogP contribution in [0.3, 0.4) is 0 Å². The van der Waals surface area contributed by atoms with Crippen molar-refractivity contribution in [2.75, 3.05) is 25.2 Å². The van der Waals surface area contributed by atoms with Crippen LogP contribution in [0.2, 0.25) is 0 Å². The molecule has 4 aromatic rings. The number of amides is 2. The summed E-state index contributed by atoms with van der Waals surface area (Å²) < 4.78 is 6.65. The van der Waals surface area contributed by atoms with Crippen LogP contribution >= 0.6 is 11.3 Å². The van der Waals surface area contributed by atoms with Gasteiger partial charge in [0.15, 0.2) is 0 Å². The summed E-state index contributed by atoms with van der Waals surface area (Å²) in [4.78, 5) is 29.6. The van der Waals surface area contributed by atoms with E-state index in [-0.39, 0.29) is 18.4 Å². The lowest BCUT2D eigenvalue weighted by Gasteiger charge is -2.31. The van der Waals surface area contributed by atoms with E-state index < -0.39 is 6.04 Å². The molecule has 2 amide bonds. The quantitative estimate of drug-likeness (QED) is 0.372. The molecule has 9 heteroatoms. The average molecular weight is 478 g/mol. The van der Waals surface area contributed by atoms with Gasteiger partial charge in [0, 0.05) is 24.2 Å². The van der Waals surface area contributed by atoms with Gasteiger partial charge in [0.25, 0.3) is 0 Å². The van der Waals surface area contributed by atoms with Crippen LogP contribution in [0.5, 0.6) is 0 Å². The monoisotopic (exact) mass is 477 g/mol. The second-order valence-electron chi connectivity index (χ2n) is 7.97. The molecule has 0 aliphatic heterocycles. The van der Waals surface area contributed by atoms with E-state index >= 15 is 0 Å². The number of nitrogens with zero attached hydrogens (tertiary/aromatic N) is 4. The number of benzene rings is 2. The van der Waals surface area contributed by atoms with E-state index in [0.717, 1.165) is 21.5 Å². The van der Waals surface area contributed by atoms with Crippen LogP contribution in [0.1, 0.15) is 22.0 Å². The molecule has 0 bridgehead atoms. The Labute approximate surface area is 202 Å². The van der Waals surface area contributed by atoms with E-state index in [9.17, 15) is 9.59 Å². The van der Waals surface area contributed by atoms with Crippen molar-refractivity contribution in [3.63, 3.8) is 0 Å². The maximum absolute atomic E-state index is 13.9. The number of nitrogens with one attached hydrogen (secondary N) is 1. The Morgan fingerprint density at radius 1 is 1.12 bits per heavy atom. The molecule has 0 fully saturated rings. The largest absolute Gasteiger partial charge is 0.383 e. The molecule has 0 saturated carbocycles. The Bertz CT molecular complexity index is 1280. The zero-order chi connectivity index (χ0) is 24.1. The molecule has 1 unspecified atom stereocenters. The average Bonchev–Trinajstić information content (AvgIpc) is 3.50. The molecule has 4 rings (SSSR count). The number of hydrogen-bond acceptors (Lipinski definition) is 6. The molecule has 0 radical (unpaired) electrons. The second kappa shape index (κ2) is 10.6. The van der Waals surface area contributed by atoms with Crippen LogP contribution < -0.4 is 10.2 Å². The summed E-state index contributed by atoms with van der Waals surface area (Å²) in [6.07, 6.45) is 0. The predicted octanol–water partition coefficient (Wildman–Crippen LogP) is 3.65. The number of methoxy groups -OCH3 is 1. The van der Waals surface area contributed by atoms with Crippen LogP contribution in [0.15, 0.2) is 60.0 Å². The van der Waals surface area contributed by atoms with Crippen molar-refractivity contribution in [1.29, 1.82) is 0 Å². The lowest BCUT2D eigenvalue weighted by molar-refractivity contribution is -0.127. The Balaban J connectivity index is 1.76. The van der Waals surface area contributed by atoms with Crippen LogP contribution in [0.4, 0.5) is 5.69 Å². The van der Waals surface area contributed by atoms with Crippen molar-refractivity contribution >= 4 is 39.9 Å². The third-order valence-corrected chi connectivity index (χ3v) is 6.59. The van der Waals surface area contributed by atoms with E-state index in [1.54, 1.807) is 16.7 Å². The van der Waals surface area contributed by atoms with Crippen molar-refractivity contribution in [2.24, 2.45) is 0 Å². The summed E-state index contributed by atoms with van der Waals surface area (Å²) in [5.41, 5.74) is 4.26. The summed E-state index contributed by atoms with van der Waals surface area (Å²) in [5.74, 6) is -0.534. The first-order valence-electron chi connectivity index (χ1n) is 11.0. The first-order chi connectivity index (χ1) is 16.5. The third kappa shape index (κ3) is 5.00. The SMILES string of the molecule is COCCNC(=O)C(c1cccs1)N(C(=O)Cn1nnc2ccccc21)c1ccc(C)c(C)c1. The van der Waals surface area contributed by atoms with Gasteiger partial charge in [-0.3, -0.25) is 14.5 Å². The van der Waals surface area contributed by atoms with Gasteiger partial charge in [0.2, 0.25) is 11.8 Å². The minimum absolute atomic E-state index is 0.0549. The van der Waals surface area contributed by atoms with Crippen LogP contribution in [-0.4, -0.2) is 47.1 Å². The number of thiophene rings is 1. The molecule has 0 saturated heterocycles. The van der Waals surface area contributed by atoms with Crippen molar-refractivity contribution in [3.8, 4) is 0 Å². The van der Waals surface area contributed by atoms with Gasteiger partial charge in [-0.1, -0.05) is 29.5 Å². The van der Waals surface area contributed by atoms with Gasteiger partial charge in [0.1, 0.15) is 18.1 Å². The summed E-state index contributed by atoms with van der Waals surface area (Å²) in [6, 6.07) is 16.2. The molecule has 0 spiro atoms. The Morgan fingerprint density at radius 2 is 1.94 bits per heavy atom. The third-order valence-electron chi connectivity index (χ3n) is 5.67. The van der Waals surface area contributed by atoms with Crippen LogP contribution in [-0.2, 0) is 20.9 Å². The number of carbonyl (C=O) groups is 2. The number of ether oxygens (including phenoxy) is 1. The van der Waals surface area contributed by atoms with Gasteiger partial charge < -0.3 is 10.1 Å². The molecular formula is C25H27N5O3S. The summed E-state index contributed by atoms with van der Waals surface area (Å²) in [5, 5.41) is 13.1. The van der Waals surface area contributed by atoms with Gasteiger partial charge in [-0.25, -0.2) is 4.68 Å². The van der Waals surface area contributed by atoms with Crippen molar-refractivity contribution in [2.45, 2.75) is 26.4 Å². The maximum atomic E-state index is 13.9. The maximum Gasteiger partial charge on any atom is 0.249 e. The van der Waals surface area contributed by atoms with Gasteiger partial charge in [0.05, 0.1) is 12.1 Å². The van der Waals surface area contributed by atoms with E-state index in [1.807, 2.05) is 73.8 Å². The van der Waals surface area contributed by atoms with Gasteiger partial charge in [-0.2, -0.15) is 0 Å². The minimum Gasteiger partial charge on any atom is -0.383 e. The summed E-state index contributed by atoms with van der Waals surface area (Å²) >= 11 is 1.44. The van der Waals surface area contributed by atoms with Crippen LogP contribution in [0, 0.1) is 13.8 Å². The number of hydrogen-bond donors (Lipinski definition) is 1. The second-order valence-corrected chi connectivity index (χ2v) is 8.95. The minimum atomic E-state index is -0.832. The first kappa shape index (κ1) is 23.6. The number of aromatic nitrogens is 3. The Morgan fingerprint density at radius 3 is 2.68 bits per heavy atom. The molecule has 1 atom stereocenters. The number of para-hydroxylation sites is 1. The highest BCUT2D eigenvalue weighted by molar-refractivity contribution is 7.10. The molecule has 2 heterocycles. The molecule has 0 aliphatic carbocycles. The number of aryl methyl sites for hydroxylation is 2. The fourth-order valence-corrected chi connectivity index (χ4v) is 4.56.